The molecule has 1 atom stereocenters. The third-order valence-electron chi connectivity index (χ3n) is 6.79. The Hall–Kier alpha value is -2.40. The van der Waals surface area contributed by atoms with Crippen molar-refractivity contribution in [1.29, 1.82) is 0 Å². The summed E-state index contributed by atoms with van der Waals surface area (Å²) < 4.78 is 16.3. The van der Waals surface area contributed by atoms with Crippen LogP contribution in [0, 0.1) is 5.82 Å². The van der Waals surface area contributed by atoms with Crippen LogP contribution >= 0.6 is 0 Å². The second-order valence-electron chi connectivity index (χ2n) is 8.62. The summed E-state index contributed by atoms with van der Waals surface area (Å²) in [6, 6.07) is 12.5. The van der Waals surface area contributed by atoms with E-state index in [2.05, 4.69) is 40.9 Å². The van der Waals surface area contributed by atoms with Crippen LogP contribution in [0.3, 0.4) is 0 Å². The van der Waals surface area contributed by atoms with Crippen LogP contribution in [0.5, 0.6) is 0 Å². The van der Waals surface area contributed by atoms with Crippen LogP contribution in [0.25, 0.3) is 11.0 Å². The standard InChI is InChI=1S/C24H29FN4/c1-16-6-7-20-21(28(16)2)8-9-22-24(20)27-23(15-17-4-3-5-18(25)14-17)29(22)19-10-12-26-13-11-19/h3-5,8-9,14,16,19,26H,6-7,10-13,15H2,1-2H3. The highest BCUT2D eigenvalue weighted by Gasteiger charge is 2.27. The lowest BCUT2D eigenvalue weighted by Gasteiger charge is -2.34. The molecule has 152 valence electrons. The fourth-order valence-corrected chi connectivity index (χ4v) is 5.04. The number of hydrogen-bond donors (Lipinski definition) is 1. The van der Waals surface area contributed by atoms with Gasteiger partial charge in [0.25, 0.3) is 0 Å². The number of hydrogen-bond acceptors (Lipinski definition) is 3. The van der Waals surface area contributed by atoms with Gasteiger partial charge >= 0.3 is 0 Å². The van der Waals surface area contributed by atoms with Crippen molar-refractivity contribution in [3.8, 4) is 0 Å². The zero-order valence-electron chi connectivity index (χ0n) is 17.3. The molecule has 1 saturated heterocycles. The molecule has 5 heteroatoms. The number of nitrogens with zero attached hydrogens (tertiary/aromatic N) is 3. The number of aryl methyl sites for hydroxylation is 1. The lowest BCUT2D eigenvalue weighted by Crippen LogP contribution is -2.33. The minimum Gasteiger partial charge on any atom is -0.372 e. The first-order chi connectivity index (χ1) is 14.1. The van der Waals surface area contributed by atoms with Crippen molar-refractivity contribution < 1.29 is 4.39 Å². The van der Waals surface area contributed by atoms with Gasteiger partial charge in [-0.3, -0.25) is 0 Å². The molecule has 5 rings (SSSR count). The van der Waals surface area contributed by atoms with Gasteiger partial charge in [0.2, 0.25) is 0 Å². The molecule has 3 aromatic rings. The number of benzene rings is 2. The van der Waals surface area contributed by atoms with Crippen molar-refractivity contribution in [3.63, 3.8) is 0 Å². The number of piperidine rings is 1. The van der Waals surface area contributed by atoms with E-state index in [0.29, 0.717) is 18.5 Å². The second-order valence-corrected chi connectivity index (χ2v) is 8.62. The molecule has 29 heavy (non-hydrogen) atoms. The quantitative estimate of drug-likeness (QED) is 0.714. The summed E-state index contributed by atoms with van der Waals surface area (Å²) in [6.07, 6.45) is 5.10. The van der Waals surface area contributed by atoms with Gasteiger partial charge in [-0.2, -0.15) is 0 Å². The average Bonchev–Trinajstić information content (AvgIpc) is 3.09. The first-order valence-electron chi connectivity index (χ1n) is 10.8. The number of fused-ring (bicyclic) bond motifs is 3. The molecule has 1 unspecified atom stereocenters. The van der Waals surface area contributed by atoms with Crippen molar-refractivity contribution in [2.75, 3.05) is 25.0 Å². The Bertz CT molecular complexity index is 1030. The topological polar surface area (TPSA) is 33.1 Å². The summed E-state index contributed by atoms with van der Waals surface area (Å²) in [7, 11) is 2.19. The van der Waals surface area contributed by atoms with Crippen LogP contribution in [0.4, 0.5) is 10.1 Å². The average molecular weight is 393 g/mol. The minimum atomic E-state index is -0.181. The summed E-state index contributed by atoms with van der Waals surface area (Å²) in [5.41, 5.74) is 6.05. The molecule has 0 bridgehead atoms. The van der Waals surface area contributed by atoms with Crippen LogP contribution < -0.4 is 10.2 Å². The smallest absolute Gasteiger partial charge is 0.123 e. The Morgan fingerprint density at radius 2 is 1.97 bits per heavy atom. The lowest BCUT2D eigenvalue weighted by molar-refractivity contribution is 0.368. The zero-order valence-corrected chi connectivity index (χ0v) is 17.3. The maximum Gasteiger partial charge on any atom is 0.123 e. The SMILES string of the molecule is CC1CCc2c(ccc3c2nc(Cc2cccc(F)c2)n3C2CCNCC2)N1C. The number of nitrogens with one attached hydrogen (secondary N) is 1. The molecule has 0 spiro atoms. The summed E-state index contributed by atoms with van der Waals surface area (Å²) in [5, 5.41) is 3.47. The van der Waals surface area contributed by atoms with E-state index in [1.807, 2.05) is 6.07 Å². The van der Waals surface area contributed by atoms with Gasteiger partial charge in [0.1, 0.15) is 11.6 Å². The fourth-order valence-electron chi connectivity index (χ4n) is 5.04. The monoisotopic (exact) mass is 392 g/mol. The molecule has 0 aliphatic carbocycles. The Balaban J connectivity index is 1.65. The normalized spacial score (nSPS) is 20.2. The molecule has 2 aliphatic heterocycles. The Kier molecular flexibility index (Phi) is 4.78. The Morgan fingerprint density at radius 1 is 1.14 bits per heavy atom. The molecule has 2 aliphatic rings. The highest BCUT2D eigenvalue weighted by atomic mass is 19.1. The maximum absolute atomic E-state index is 13.8. The zero-order chi connectivity index (χ0) is 20.0. The van der Waals surface area contributed by atoms with E-state index in [9.17, 15) is 4.39 Å². The van der Waals surface area contributed by atoms with E-state index < -0.39 is 0 Å². The van der Waals surface area contributed by atoms with Crippen LogP contribution in [0.2, 0.25) is 0 Å². The number of rotatable bonds is 3. The molecule has 2 aromatic carbocycles. The molecule has 0 radical (unpaired) electrons. The van der Waals surface area contributed by atoms with Gasteiger partial charge in [-0.25, -0.2) is 9.37 Å². The van der Waals surface area contributed by atoms with E-state index in [4.69, 9.17) is 4.98 Å². The predicted molar refractivity (Wildman–Crippen MR) is 116 cm³/mol. The van der Waals surface area contributed by atoms with Crippen molar-refractivity contribution >= 4 is 16.7 Å². The highest BCUT2D eigenvalue weighted by molar-refractivity contribution is 5.86. The molecule has 0 amide bonds. The molecule has 4 nitrogen and oxygen atoms in total. The van der Waals surface area contributed by atoms with Gasteiger partial charge in [-0.1, -0.05) is 12.1 Å². The first-order valence-corrected chi connectivity index (χ1v) is 10.8. The van der Waals surface area contributed by atoms with Crippen molar-refractivity contribution in [2.45, 2.75) is 51.1 Å². The van der Waals surface area contributed by atoms with Gasteiger partial charge in [0.05, 0.1) is 11.0 Å². The van der Waals surface area contributed by atoms with E-state index in [1.54, 1.807) is 12.1 Å². The summed E-state index contributed by atoms with van der Waals surface area (Å²) in [6.45, 7) is 4.36. The van der Waals surface area contributed by atoms with Gasteiger partial charge in [0, 0.05) is 36.8 Å². The number of imidazole rings is 1. The fraction of sp³-hybridized carbons (Fsp3) is 0.458. The van der Waals surface area contributed by atoms with Gasteiger partial charge in [-0.05, 0) is 75.5 Å². The minimum absolute atomic E-state index is 0.181. The van der Waals surface area contributed by atoms with Gasteiger partial charge in [0.15, 0.2) is 0 Å². The molecular weight excluding hydrogens is 363 g/mol. The van der Waals surface area contributed by atoms with E-state index >= 15 is 0 Å². The van der Waals surface area contributed by atoms with Gasteiger partial charge in [-0.15, -0.1) is 0 Å². The second kappa shape index (κ2) is 7.45. The molecule has 1 aromatic heterocycles. The van der Waals surface area contributed by atoms with Crippen molar-refractivity contribution in [2.24, 2.45) is 0 Å². The lowest BCUT2D eigenvalue weighted by atomic mass is 9.96. The van der Waals surface area contributed by atoms with Crippen LogP contribution in [-0.2, 0) is 12.8 Å². The van der Waals surface area contributed by atoms with Crippen LogP contribution in [0.15, 0.2) is 36.4 Å². The Labute approximate surface area is 171 Å². The Morgan fingerprint density at radius 3 is 2.76 bits per heavy atom. The summed E-state index contributed by atoms with van der Waals surface area (Å²) >= 11 is 0. The van der Waals surface area contributed by atoms with E-state index in [-0.39, 0.29) is 5.82 Å². The van der Waals surface area contributed by atoms with Crippen molar-refractivity contribution in [3.05, 3.63) is 59.2 Å². The van der Waals surface area contributed by atoms with Gasteiger partial charge < -0.3 is 14.8 Å². The molecular formula is C24H29FN4. The largest absolute Gasteiger partial charge is 0.372 e. The molecule has 3 heterocycles. The third-order valence-corrected chi connectivity index (χ3v) is 6.79. The number of halogens is 1. The number of aromatic nitrogens is 2. The van der Waals surface area contributed by atoms with E-state index in [1.165, 1.54) is 22.8 Å². The molecule has 1 fully saturated rings. The van der Waals surface area contributed by atoms with Crippen LogP contribution in [-0.4, -0.2) is 35.7 Å². The third kappa shape index (κ3) is 3.31. The predicted octanol–water partition coefficient (Wildman–Crippen LogP) is 4.46. The summed E-state index contributed by atoms with van der Waals surface area (Å²) in [5.74, 6) is 0.882. The molecule has 1 N–H and O–H groups in total. The summed E-state index contributed by atoms with van der Waals surface area (Å²) in [4.78, 5) is 7.56. The molecule has 0 saturated carbocycles. The first kappa shape index (κ1) is 18.6. The van der Waals surface area contributed by atoms with E-state index in [0.717, 1.165) is 55.7 Å². The maximum atomic E-state index is 13.8. The number of anilines is 1. The highest BCUT2D eigenvalue weighted by Crippen LogP contribution is 2.37. The van der Waals surface area contributed by atoms with Crippen LogP contribution in [0.1, 0.15) is 49.2 Å². The van der Waals surface area contributed by atoms with Crippen molar-refractivity contribution in [1.82, 2.24) is 14.9 Å².